The van der Waals surface area contributed by atoms with Crippen LogP contribution < -0.4 is 0 Å². The van der Waals surface area contributed by atoms with Crippen molar-refractivity contribution in [2.45, 2.75) is 10.8 Å². The molecular weight excluding hydrogens is 771 g/mol. The quantitative estimate of drug-likeness (QED) is 0.139. The van der Waals surface area contributed by atoms with Crippen LogP contribution in [0.2, 0.25) is 0 Å². The SMILES string of the molecule is CN1CC23c4c5c6c7c8c9c(c%10c%11c2c2c4c4c%12c5c5c6c6c8c8c%13c9c9c%10c%10c%11c%11c2c2c4c4c%12c%12c5c5c6c8c6c8c%13c9c9c%10c%10c%11c2c2c4c4c%12c5c6c5c8c9c%10c2c45)C73C1. The summed E-state index contributed by atoms with van der Waals surface area (Å²) in [5.41, 5.74) is 7.04. The Labute approximate surface area is 347 Å². The molecule has 0 N–H and O–H groups in total. The summed E-state index contributed by atoms with van der Waals surface area (Å²) in [6, 6.07) is 0. The number of benzene rings is 18. The van der Waals surface area contributed by atoms with E-state index < -0.39 is 0 Å². The Bertz CT molecular complexity index is 6380. The summed E-state index contributed by atoms with van der Waals surface area (Å²) >= 11 is 0. The van der Waals surface area contributed by atoms with Crippen molar-refractivity contribution in [2.75, 3.05) is 20.1 Å². The summed E-state index contributed by atoms with van der Waals surface area (Å²) in [4.78, 5) is 2.87. The Balaban J connectivity index is 1.29. The molecule has 0 amide bonds. The zero-order valence-electron chi connectivity index (χ0n) is 32.9. The van der Waals surface area contributed by atoms with Gasteiger partial charge in [-0.2, -0.15) is 0 Å². The van der Waals surface area contributed by atoms with Gasteiger partial charge in [-0.25, -0.2) is 0 Å². The van der Waals surface area contributed by atoms with Crippen molar-refractivity contribution in [1.82, 2.24) is 4.90 Å². The van der Waals surface area contributed by atoms with Crippen molar-refractivity contribution in [2.24, 2.45) is 0 Å². The highest BCUT2D eigenvalue weighted by molar-refractivity contribution is 6.82. The number of nitrogens with zero attached hydrogens (tertiary/aromatic N) is 1. The van der Waals surface area contributed by atoms with E-state index in [1.54, 1.807) is 291 Å². The minimum Gasteiger partial charge on any atom is -0.304 e. The maximum absolute atomic E-state index is 2.87. The van der Waals surface area contributed by atoms with E-state index in [2.05, 4.69) is 11.9 Å². The first-order valence-corrected chi connectivity index (χ1v) is 24.3. The van der Waals surface area contributed by atoms with Gasteiger partial charge in [-0.05, 0) is 320 Å². The molecule has 1 saturated heterocycles. The summed E-state index contributed by atoms with van der Waals surface area (Å²) in [6.45, 7) is 2.26. The van der Waals surface area contributed by atoms with Crippen molar-refractivity contribution in [3.8, 4) is 0 Å². The predicted octanol–water partition coefficient (Wildman–Crippen LogP) is 16.2. The monoisotopic (exact) mass is 777 g/mol. The number of hydrogen-bond donors (Lipinski definition) is 0. The molecule has 1 heterocycles. The topological polar surface area (TPSA) is 3.24 Å². The second-order valence-corrected chi connectivity index (χ2v) is 24.7. The third-order valence-corrected chi connectivity index (χ3v) is 24.7. The maximum Gasteiger partial charge on any atom is 0.0505 e. The molecule has 1 fully saturated rings. The molecule has 0 atom stereocenters. The Morgan fingerprint density at radius 2 is 0.266 bits per heavy atom. The van der Waals surface area contributed by atoms with E-state index in [9.17, 15) is 0 Å². The zero-order chi connectivity index (χ0) is 37.5. The largest absolute Gasteiger partial charge is 0.304 e. The molecule has 0 bridgehead atoms. The molecule has 1 heteroatoms. The lowest BCUT2D eigenvalue weighted by Crippen LogP contribution is -2.51. The van der Waals surface area contributed by atoms with Gasteiger partial charge in [0.25, 0.3) is 0 Å². The highest BCUT2D eigenvalue weighted by Gasteiger charge is 2.72. The van der Waals surface area contributed by atoms with Gasteiger partial charge in [0, 0.05) is 13.1 Å². The van der Waals surface area contributed by atoms with E-state index in [1.807, 2.05) is 22.3 Å². The van der Waals surface area contributed by atoms with E-state index in [1.165, 1.54) is 0 Å². The van der Waals surface area contributed by atoms with Crippen LogP contribution in [0.1, 0.15) is 22.3 Å². The van der Waals surface area contributed by atoms with Gasteiger partial charge in [0.15, 0.2) is 0 Å². The number of rotatable bonds is 0. The molecule has 5 aliphatic rings. The molecule has 2 spiro atoms. The molecule has 0 unspecified atom stereocenters. The number of hydrogen-bond acceptors (Lipinski definition) is 1. The third-order valence-electron chi connectivity index (χ3n) is 24.7. The number of likely N-dealkylation sites (tertiary alicyclic amines) is 1. The van der Waals surface area contributed by atoms with Crippen LogP contribution >= 0.6 is 0 Å². The van der Waals surface area contributed by atoms with Crippen LogP contribution in [0, 0.1) is 0 Å². The summed E-state index contributed by atoms with van der Waals surface area (Å²) < 4.78 is 0. The predicted molar refractivity (Wildman–Crippen MR) is 271 cm³/mol. The minimum atomic E-state index is -0.104. The van der Waals surface area contributed by atoms with Crippen molar-refractivity contribution in [3.05, 3.63) is 22.3 Å². The van der Waals surface area contributed by atoms with Gasteiger partial charge in [-0.3, -0.25) is 0 Å². The standard InChI is InChI=1S/C63H7N/c1-64-2-62-58-50-42-32-22-14-6-4-5-8-12-10(6)18-26-20(12)30-24-16(8)17-9(5)13-11-7(4)15(14)23-29-19(11)27-21(13)31-25(17)35-34(24)44-38(30)48-40(26)46(36(42)28(18)22)54(58)56(48)60-52(44)53-45(35)39(31)49-41(27)47-37(29)43(33(23)32)51(50)59(62)55(47)57(49)61(53)63(60,62)3-64/h2-3H2,1H3. The van der Waals surface area contributed by atoms with E-state index in [-0.39, 0.29) is 10.8 Å². The average molecular weight is 778 g/mol. The Hall–Kier alpha value is -7.58. The molecule has 64 heavy (non-hydrogen) atoms. The molecule has 28 aromatic carbocycles. The Morgan fingerprint density at radius 3 is 0.375 bits per heavy atom. The van der Waals surface area contributed by atoms with Crippen molar-refractivity contribution >= 4 is 291 Å². The number of likely N-dealkylation sites (N-methyl/N-ethyl adjacent to an activating group) is 1. The summed E-state index contributed by atoms with van der Waals surface area (Å²) in [5, 5.41) is 91.5. The lowest BCUT2D eigenvalue weighted by atomic mass is 9.50. The second kappa shape index (κ2) is 4.88. The second-order valence-electron chi connectivity index (χ2n) is 24.7. The van der Waals surface area contributed by atoms with Gasteiger partial charge in [0.1, 0.15) is 0 Å². The van der Waals surface area contributed by atoms with Crippen LogP contribution in [0.4, 0.5) is 0 Å². The zero-order valence-corrected chi connectivity index (χ0v) is 32.9. The third kappa shape index (κ3) is 1.10. The molecule has 0 aromatic heterocycles. The molecule has 28 aromatic rings. The minimum absolute atomic E-state index is 0.104. The van der Waals surface area contributed by atoms with E-state index >= 15 is 0 Å². The summed E-state index contributed by atoms with van der Waals surface area (Å²) in [7, 11) is 2.53. The average Bonchev–Trinajstić information content (AvgIpc) is 4.13. The van der Waals surface area contributed by atoms with Crippen LogP contribution in [0.15, 0.2) is 0 Å². The highest BCUT2D eigenvalue weighted by Crippen LogP contribution is 2.85. The maximum atomic E-state index is 2.87. The first kappa shape index (κ1) is 22.7. The molecule has 33 rings (SSSR count). The molecule has 4 aliphatic carbocycles. The van der Waals surface area contributed by atoms with Crippen LogP contribution in [-0.2, 0) is 10.8 Å². The van der Waals surface area contributed by atoms with Gasteiger partial charge < -0.3 is 4.90 Å². The Kier molecular flexibility index (Phi) is 1.73. The first-order valence-electron chi connectivity index (χ1n) is 24.3. The smallest absolute Gasteiger partial charge is 0.0505 e. The van der Waals surface area contributed by atoms with Gasteiger partial charge in [-0.15, -0.1) is 0 Å². The van der Waals surface area contributed by atoms with E-state index in [0.29, 0.717) is 0 Å². The Morgan fingerprint density at radius 1 is 0.172 bits per heavy atom. The van der Waals surface area contributed by atoms with Crippen molar-refractivity contribution < 1.29 is 0 Å². The van der Waals surface area contributed by atoms with Crippen LogP contribution in [0.5, 0.6) is 0 Å². The fourth-order valence-corrected chi connectivity index (χ4v) is 25.0. The van der Waals surface area contributed by atoms with Crippen molar-refractivity contribution in [3.63, 3.8) is 0 Å². The van der Waals surface area contributed by atoms with Crippen LogP contribution in [0.3, 0.4) is 0 Å². The lowest BCUT2D eigenvalue weighted by Gasteiger charge is -2.49. The van der Waals surface area contributed by atoms with Gasteiger partial charge in [0.2, 0.25) is 0 Å². The molecule has 1 aliphatic heterocycles. The van der Waals surface area contributed by atoms with Gasteiger partial charge in [-0.1, -0.05) is 0 Å². The van der Waals surface area contributed by atoms with Gasteiger partial charge in [0.05, 0.1) is 10.8 Å². The highest BCUT2D eigenvalue weighted by atomic mass is 15.2. The summed E-state index contributed by atoms with van der Waals surface area (Å²) in [5.74, 6) is 0. The first-order chi connectivity index (χ1) is 31.8. The van der Waals surface area contributed by atoms with E-state index in [0.717, 1.165) is 13.1 Å². The van der Waals surface area contributed by atoms with Crippen molar-refractivity contribution in [1.29, 1.82) is 0 Å². The van der Waals surface area contributed by atoms with Crippen LogP contribution in [0.25, 0.3) is 291 Å². The molecule has 0 saturated carbocycles. The van der Waals surface area contributed by atoms with Gasteiger partial charge >= 0.3 is 0 Å². The fraction of sp³-hybridized carbons (Fsp3) is 0.0794. The summed E-state index contributed by atoms with van der Waals surface area (Å²) in [6.07, 6.45) is 0. The van der Waals surface area contributed by atoms with Crippen LogP contribution in [-0.4, -0.2) is 25.0 Å². The molecule has 0 radical (unpaired) electrons. The molecule has 264 valence electrons. The fourth-order valence-electron chi connectivity index (χ4n) is 25.0. The normalized spacial score (nSPS) is 24.0. The molecule has 1 nitrogen and oxygen atoms in total. The molecular formula is C63H7N. The lowest BCUT2D eigenvalue weighted by molar-refractivity contribution is 0.394. The van der Waals surface area contributed by atoms with E-state index in [4.69, 9.17) is 0 Å².